The molecule has 1 rings (SSSR count). The summed E-state index contributed by atoms with van der Waals surface area (Å²) in [7, 11) is 3.02. The first kappa shape index (κ1) is 12.8. The van der Waals surface area contributed by atoms with Crippen LogP contribution in [0.1, 0.15) is 24.2 Å². The number of hydrogen-bond acceptors (Lipinski definition) is 3. The second-order valence-corrected chi connectivity index (χ2v) is 3.32. The summed E-state index contributed by atoms with van der Waals surface area (Å²) in [5.41, 5.74) is -0.352. The highest BCUT2D eigenvalue weighted by Crippen LogP contribution is 2.33. The molecule has 6 heteroatoms. The summed E-state index contributed by atoms with van der Waals surface area (Å²) in [6.07, 6.45) is -3.59. The smallest absolute Gasteiger partial charge is 0.418 e. The van der Waals surface area contributed by atoms with Crippen LogP contribution >= 0.6 is 0 Å². The molecule has 0 aliphatic rings. The van der Waals surface area contributed by atoms with E-state index < -0.39 is 11.7 Å². The first-order chi connectivity index (χ1) is 7.40. The number of aromatic nitrogens is 1. The molecule has 1 aromatic rings. The topological polar surface area (TPSA) is 34.2 Å². The Kier molecular flexibility index (Phi) is 3.74. The van der Waals surface area contributed by atoms with E-state index in [0.717, 1.165) is 12.3 Å². The average molecular weight is 234 g/mol. The molecule has 1 unspecified atom stereocenters. The number of alkyl halides is 3. The van der Waals surface area contributed by atoms with E-state index in [0.29, 0.717) is 5.69 Å². The first-order valence-electron chi connectivity index (χ1n) is 4.68. The normalized spacial score (nSPS) is 13.6. The van der Waals surface area contributed by atoms with Crippen LogP contribution in [-0.4, -0.2) is 19.1 Å². The van der Waals surface area contributed by atoms with Gasteiger partial charge in [-0.1, -0.05) is 0 Å². The van der Waals surface area contributed by atoms with E-state index in [1.54, 1.807) is 14.0 Å². The van der Waals surface area contributed by atoms with Gasteiger partial charge in [0.2, 0.25) is 0 Å². The molecule has 0 fully saturated rings. The quantitative estimate of drug-likeness (QED) is 0.871. The van der Waals surface area contributed by atoms with Crippen LogP contribution in [0.25, 0.3) is 0 Å². The lowest BCUT2D eigenvalue weighted by atomic mass is 10.1. The van der Waals surface area contributed by atoms with Crippen LogP contribution in [0.4, 0.5) is 13.2 Å². The summed E-state index contributed by atoms with van der Waals surface area (Å²) in [6, 6.07) is 0.785. The van der Waals surface area contributed by atoms with Crippen LogP contribution in [-0.2, 0) is 6.18 Å². The highest BCUT2D eigenvalue weighted by molar-refractivity contribution is 5.34. The second kappa shape index (κ2) is 4.69. The standard InChI is InChI=1S/C10H13F3N2O/c1-6(14-2)9-8(16-3)4-7(5-15-9)10(11,12)13/h4-6,14H,1-3H3. The molecule has 0 amide bonds. The summed E-state index contributed by atoms with van der Waals surface area (Å²) in [5.74, 6) is 0.136. The summed E-state index contributed by atoms with van der Waals surface area (Å²) in [5, 5.41) is 2.89. The maximum absolute atomic E-state index is 12.4. The highest BCUT2D eigenvalue weighted by Gasteiger charge is 2.32. The number of ether oxygens (including phenoxy) is 1. The minimum absolute atomic E-state index is 0.136. The second-order valence-electron chi connectivity index (χ2n) is 3.32. The van der Waals surface area contributed by atoms with Crippen molar-refractivity contribution in [3.8, 4) is 5.75 Å². The molecule has 3 nitrogen and oxygen atoms in total. The van der Waals surface area contributed by atoms with Crippen LogP contribution in [0, 0.1) is 0 Å². The summed E-state index contributed by atoms with van der Waals surface area (Å²) in [6.45, 7) is 1.79. The molecule has 90 valence electrons. The Hall–Kier alpha value is -1.30. The summed E-state index contributed by atoms with van der Waals surface area (Å²) >= 11 is 0. The number of methoxy groups -OCH3 is 1. The van der Waals surface area contributed by atoms with Gasteiger partial charge >= 0.3 is 6.18 Å². The number of rotatable bonds is 3. The molecule has 16 heavy (non-hydrogen) atoms. The zero-order valence-electron chi connectivity index (χ0n) is 9.22. The van der Waals surface area contributed by atoms with E-state index in [-0.39, 0.29) is 11.8 Å². The van der Waals surface area contributed by atoms with Gasteiger partial charge < -0.3 is 10.1 Å². The average Bonchev–Trinajstić information content (AvgIpc) is 2.26. The van der Waals surface area contributed by atoms with Gasteiger partial charge in [0.1, 0.15) is 5.75 Å². The number of hydrogen-bond donors (Lipinski definition) is 1. The van der Waals surface area contributed by atoms with Crippen molar-refractivity contribution in [3.63, 3.8) is 0 Å². The maximum Gasteiger partial charge on any atom is 0.418 e. The molecular weight excluding hydrogens is 221 g/mol. The van der Waals surface area contributed by atoms with Crippen molar-refractivity contribution in [3.05, 3.63) is 23.5 Å². The lowest BCUT2D eigenvalue weighted by Gasteiger charge is -2.15. The molecule has 0 saturated heterocycles. The predicted octanol–water partition coefficient (Wildman–Crippen LogP) is 2.39. The van der Waals surface area contributed by atoms with Gasteiger partial charge in [-0.15, -0.1) is 0 Å². The predicted molar refractivity (Wildman–Crippen MR) is 53.3 cm³/mol. The Morgan fingerprint density at radius 1 is 1.44 bits per heavy atom. The largest absolute Gasteiger partial charge is 0.495 e. The fraction of sp³-hybridized carbons (Fsp3) is 0.500. The lowest BCUT2D eigenvalue weighted by molar-refractivity contribution is -0.138. The molecule has 1 atom stereocenters. The third kappa shape index (κ3) is 2.63. The van der Waals surface area contributed by atoms with Crippen molar-refractivity contribution >= 4 is 0 Å². The van der Waals surface area contributed by atoms with Crippen molar-refractivity contribution in [1.29, 1.82) is 0 Å². The van der Waals surface area contributed by atoms with E-state index in [4.69, 9.17) is 4.74 Å². The number of pyridine rings is 1. The van der Waals surface area contributed by atoms with Crippen LogP contribution in [0.2, 0.25) is 0 Å². The van der Waals surface area contributed by atoms with Crippen LogP contribution in [0.15, 0.2) is 12.3 Å². The number of nitrogens with one attached hydrogen (secondary N) is 1. The van der Waals surface area contributed by atoms with E-state index in [9.17, 15) is 13.2 Å². The Morgan fingerprint density at radius 3 is 2.50 bits per heavy atom. The molecule has 0 bridgehead atoms. The van der Waals surface area contributed by atoms with Gasteiger partial charge in [0.15, 0.2) is 0 Å². The van der Waals surface area contributed by atoms with Gasteiger partial charge in [-0.3, -0.25) is 4.98 Å². The molecule has 0 saturated carbocycles. The van der Waals surface area contributed by atoms with Crippen molar-refractivity contribution < 1.29 is 17.9 Å². The van der Waals surface area contributed by atoms with E-state index >= 15 is 0 Å². The molecule has 0 radical (unpaired) electrons. The molecule has 0 spiro atoms. The van der Waals surface area contributed by atoms with Crippen LogP contribution < -0.4 is 10.1 Å². The first-order valence-corrected chi connectivity index (χ1v) is 4.68. The third-order valence-corrected chi connectivity index (χ3v) is 2.27. The van der Waals surface area contributed by atoms with Gasteiger partial charge in [-0.25, -0.2) is 0 Å². The molecule has 1 N–H and O–H groups in total. The highest BCUT2D eigenvalue weighted by atomic mass is 19.4. The van der Waals surface area contributed by atoms with Crippen molar-refractivity contribution in [1.82, 2.24) is 10.3 Å². The maximum atomic E-state index is 12.4. The molecule has 1 heterocycles. The molecular formula is C10H13F3N2O. The van der Waals surface area contributed by atoms with Crippen molar-refractivity contribution in [2.75, 3.05) is 14.2 Å². The number of halogens is 3. The van der Waals surface area contributed by atoms with Gasteiger partial charge in [0, 0.05) is 6.20 Å². The van der Waals surface area contributed by atoms with Gasteiger partial charge in [-0.05, 0) is 20.0 Å². The van der Waals surface area contributed by atoms with Gasteiger partial charge in [0.25, 0.3) is 0 Å². The molecule has 0 aliphatic heterocycles. The fourth-order valence-corrected chi connectivity index (χ4v) is 1.24. The van der Waals surface area contributed by atoms with Crippen LogP contribution in [0.3, 0.4) is 0 Å². The Balaban J connectivity index is 3.17. The van der Waals surface area contributed by atoms with E-state index in [2.05, 4.69) is 10.3 Å². The van der Waals surface area contributed by atoms with Crippen LogP contribution in [0.5, 0.6) is 5.75 Å². The molecule has 0 aliphatic carbocycles. The lowest BCUT2D eigenvalue weighted by Crippen LogP contribution is -2.16. The van der Waals surface area contributed by atoms with E-state index in [1.165, 1.54) is 7.11 Å². The van der Waals surface area contributed by atoms with Crippen molar-refractivity contribution in [2.24, 2.45) is 0 Å². The number of nitrogens with zero attached hydrogens (tertiary/aromatic N) is 1. The third-order valence-electron chi connectivity index (χ3n) is 2.27. The van der Waals surface area contributed by atoms with E-state index in [1.807, 2.05) is 0 Å². The summed E-state index contributed by atoms with van der Waals surface area (Å²) in [4.78, 5) is 3.78. The monoisotopic (exact) mass is 234 g/mol. The van der Waals surface area contributed by atoms with Gasteiger partial charge in [0.05, 0.1) is 24.4 Å². The minimum atomic E-state index is -4.40. The van der Waals surface area contributed by atoms with Crippen molar-refractivity contribution in [2.45, 2.75) is 19.1 Å². The molecule has 1 aromatic heterocycles. The minimum Gasteiger partial charge on any atom is -0.495 e. The zero-order valence-corrected chi connectivity index (χ0v) is 9.22. The Morgan fingerprint density at radius 2 is 2.06 bits per heavy atom. The fourth-order valence-electron chi connectivity index (χ4n) is 1.24. The Bertz CT molecular complexity index is 366. The molecule has 0 aromatic carbocycles. The van der Waals surface area contributed by atoms with Gasteiger partial charge in [-0.2, -0.15) is 13.2 Å². The summed E-state index contributed by atoms with van der Waals surface area (Å²) < 4.78 is 42.1. The Labute approximate surface area is 91.6 Å². The SMILES string of the molecule is CNC(C)c1ncc(C(F)(F)F)cc1OC. The zero-order chi connectivity index (χ0) is 12.3.